The fraction of sp³-hybridized carbons (Fsp3) is 0.0625. The highest BCUT2D eigenvalue weighted by Gasteiger charge is 2.30. The van der Waals surface area contributed by atoms with Gasteiger partial charge in [-0.25, -0.2) is 15.0 Å². The zero-order chi connectivity index (χ0) is 49.0. The third kappa shape index (κ3) is 9.61. The number of ether oxygens (including phenoxy) is 2. The Morgan fingerprint density at radius 3 is 1.06 bits per heavy atom. The molecule has 7 aromatic carbocycles. The van der Waals surface area contributed by atoms with Gasteiger partial charge in [-0.15, -0.1) is 25.3 Å². The van der Waals surface area contributed by atoms with Crippen LogP contribution in [0.25, 0.3) is 84.3 Å². The summed E-state index contributed by atoms with van der Waals surface area (Å²) >= 11 is 0. The molecule has 0 fully saturated rings. The van der Waals surface area contributed by atoms with E-state index in [1.807, 2.05) is 138 Å². The Labute approximate surface area is 395 Å². The second kappa shape index (κ2) is 19.9. The van der Waals surface area contributed by atoms with E-state index in [4.69, 9.17) is 49.7 Å². The van der Waals surface area contributed by atoms with Gasteiger partial charge in [-0.2, -0.15) is 8.42 Å². The van der Waals surface area contributed by atoms with Crippen LogP contribution in [0, 0.1) is 0 Å². The van der Waals surface area contributed by atoms with Crippen LogP contribution in [0.4, 0.5) is 0 Å². The molecule has 0 saturated carbocycles. The Morgan fingerprint density at radius 2 is 0.768 bits per heavy atom. The second-order valence-corrected chi connectivity index (χ2v) is 17.0. The maximum atomic E-state index is 12.3. The van der Waals surface area contributed by atoms with Crippen LogP contribution in [0.15, 0.2) is 163 Å². The van der Waals surface area contributed by atoms with Crippen LogP contribution >= 0.6 is 0 Å². The minimum absolute atomic E-state index is 0.0994. The van der Waals surface area contributed by atoms with E-state index in [0.29, 0.717) is 67.8 Å². The summed E-state index contributed by atoms with van der Waals surface area (Å²) < 4.78 is 102. The van der Waals surface area contributed by atoms with E-state index >= 15 is 0 Å². The molecule has 3 heterocycles. The number of nitrogens with zero attached hydrogens (tertiary/aromatic N) is 6. The van der Waals surface area contributed by atoms with Gasteiger partial charge < -0.3 is 14.6 Å². The van der Waals surface area contributed by atoms with E-state index in [0.717, 1.165) is 33.6 Å². The highest BCUT2D eigenvalue weighted by molar-refractivity contribution is 7.85. The fourth-order valence-electron chi connectivity index (χ4n) is 7.91. The fourth-order valence-corrected chi connectivity index (χ4v) is 8.39. The number of benzene rings is 7. The van der Waals surface area contributed by atoms with E-state index < -0.39 is 31.3 Å². The number of aliphatic hydroxyl groups excluding tert-OH is 1. The average molecular weight is 985 g/mol. The summed E-state index contributed by atoms with van der Waals surface area (Å²) in [4.78, 5) is 16.3. The van der Waals surface area contributed by atoms with Crippen LogP contribution in [-0.4, -0.2) is 86.2 Å². The summed E-state index contributed by atoms with van der Waals surface area (Å²) in [6, 6.07) is 49.0. The molecular weight excluding hydrogens is 949 g/mol. The lowest BCUT2D eigenvalue weighted by atomic mass is 10.1. The third-order valence-electron chi connectivity index (χ3n) is 10.8. The van der Waals surface area contributed by atoms with Gasteiger partial charge in [-0.05, 0) is 103 Å². The number of hydrogen-bond acceptors (Lipinski definition) is 14. The average Bonchev–Trinajstić information content (AvgIpc) is 4.07. The first-order chi connectivity index (χ1) is 33.2. The summed E-state index contributed by atoms with van der Waals surface area (Å²) in [5, 5.41) is 9.95. The first-order valence-electron chi connectivity index (χ1n) is 20.3. The van der Waals surface area contributed by atoms with E-state index in [1.165, 1.54) is 12.1 Å². The molecule has 3 aromatic heterocycles. The van der Waals surface area contributed by atoms with Gasteiger partial charge in [0.05, 0.1) is 25.7 Å². The van der Waals surface area contributed by atoms with E-state index in [2.05, 4.69) is 9.13 Å². The van der Waals surface area contributed by atoms with Gasteiger partial charge in [0, 0.05) is 33.8 Å². The highest BCUT2D eigenvalue weighted by atomic mass is 32.2. The molecular formula is C48H36N6O12S3. The van der Waals surface area contributed by atoms with Crippen molar-refractivity contribution in [3.05, 3.63) is 163 Å². The zero-order valence-corrected chi connectivity index (χ0v) is 38.6. The smallest absolute Gasteiger partial charge is 0.425 e. The van der Waals surface area contributed by atoms with Crippen LogP contribution < -0.4 is 9.47 Å². The molecule has 0 bridgehead atoms. The summed E-state index contributed by atoms with van der Waals surface area (Å²) in [6.07, 6.45) is 0. The van der Waals surface area contributed by atoms with Crippen molar-refractivity contribution < 1.29 is 52.8 Å². The van der Waals surface area contributed by atoms with E-state index in [1.54, 1.807) is 26.4 Å². The molecule has 0 unspecified atom stereocenters. The van der Waals surface area contributed by atoms with Crippen LogP contribution in [0.5, 0.6) is 11.5 Å². The lowest BCUT2D eigenvalue weighted by Crippen LogP contribution is -2.02. The van der Waals surface area contributed by atoms with Crippen LogP contribution in [0.3, 0.4) is 0 Å². The number of aliphatic hydroxyl groups is 1. The van der Waals surface area contributed by atoms with Gasteiger partial charge in [-0.1, -0.05) is 60.7 Å². The van der Waals surface area contributed by atoms with Crippen molar-refractivity contribution in [3.63, 3.8) is 0 Å². The number of imidazole rings is 3. The third-order valence-corrected chi connectivity index (χ3v) is 11.7. The standard InChI is InChI=1S/C48H36N6O6S.2O3S/c1-59-37-23-17-32(18-24-37)47-50-41-44(53(47)35-11-7-4-8-12-35)40-43(52(34-9-5-3-6-10-34)46(49-40)31-15-13-30(29-55)14-16-31)42-45(41)54(36-21-27-39(28-22-36)61(56,57)58)48(51-42)33-19-25-38(60-2)26-20-33;2*1-4(2)3/h3-28,55H,29H2,1-2H3,(H,56,57,58);;. The molecule has 10 aromatic rings. The molecule has 0 radical (unpaired) electrons. The Balaban J connectivity index is 0.000000747. The summed E-state index contributed by atoms with van der Waals surface area (Å²) in [6.45, 7) is -0.0994. The monoisotopic (exact) mass is 984 g/mol. The van der Waals surface area contributed by atoms with Crippen molar-refractivity contribution in [3.8, 4) is 62.7 Å². The first-order valence-corrected chi connectivity index (χ1v) is 23.8. The van der Waals surface area contributed by atoms with Crippen LogP contribution in [0.2, 0.25) is 0 Å². The Hall–Kier alpha value is -8.34. The first kappa shape index (κ1) is 47.2. The Bertz CT molecular complexity index is 3740. The maximum Gasteiger partial charge on any atom is 0.425 e. The Morgan fingerprint density at radius 1 is 0.464 bits per heavy atom. The molecule has 10 rings (SSSR count). The van der Waals surface area contributed by atoms with Gasteiger partial charge >= 0.3 is 21.2 Å². The topological polar surface area (TPSA) is 249 Å². The largest absolute Gasteiger partial charge is 0.497 e. The predicted molar refractivity (Wildman–Crippen MR) is 255 cm³/mol. The van der Waals surface area contributed by atoms with Crippen molar-refractivity contribution in [1.82, 2.24) is 28.7 Å². The van der Waals surface area contributed by atoms with Gasteiger partial charge in [0.25, 0.3) is 10.1 Å². The van der Waals surface area contributed by atoms with Crippen molar-refractivity contribution in [1.29, 1.82) is 0 Å². The van der Waals surface area contributed by atoms with Gasteiger partial charge in [0.2, 0.25) is 0 Å². The number of fused-ring (bicyclic) bond motifs is 6. The Kier molecular flexibility index (Phi) is 13.6. The van der Waals surface area contributed by atoms with Gasteiger partial charge in [0.15, 0.2) is 0 Å². The molecule has 0 aliphatic rings. The number of para-hydroxylation sites is 2. The number of rotatable bonds is 10. The molecule has 18 nitrogen and oxygen atoms in total. The molecule has 0 aliphatic carbocycles. The molecule has 0 amide bonds. The van der Waals surface area contributed by atoms with E-state index in [-0.39, 0.29) is 11.5 Å². The second-order valence-electron chi connectivity index (χ2n) is 14.8. The van der Waals surface area contributed by atoms with Gasteiger partial charge in [0.1, 0.15) is 62.1 Å². The molecule has 21 heteroatoms. The molecule has 69 heavy (non-hydrogen) atoms. The SMILES string of the molecule is COc1ccc(-c2nc3c(c4nc(-c5ccc(CO)cc5)n(-c5ccccc5)c4c4nc(-c5ccc(OC)cc5)n(-c5ccc(S(=O)(=O)O)cc5)c43)n2-c2ccccc2)cc1.O=S(=O)=O.O=S(=O)=O. The predicted octanol–water partition coefficient (Wildman–Crippen LogP) is 7.45. The normalized spacial score (nSPS) is 11.1. The summed E-state index contributed by atoms with van der Waals surface area (Å²) in [5.74, 6) is 3.19. The number of methoxy groups -OCH3 is 2. The highest BCUT2D eigenvalue weighted by Crippen LogP contribution is 2.44. The summed E-state index contributed by atoms with van der Waals surface area (Å²) in [7, 11) is -7.47. The zero-order valence-electron chi connectivity index (χ0n) is 36.1. The summed E-state index contributed by atoms with van der Waals surface area (Å²) in [5.41, 5.74) is 9.27. The van der Waals surface area contributed by atoms with Gasteiger partial charge in [-0.3, -0.25) is 18.3 Å². The van der Waals surface area contributed by atoms with Crippen molar-refractivity contribution in [2.75, 3.05) is 14.2 Å². The molecule has 2 N–H and O–H groups in total. The maximum absolute atomic E-state index is 12.3. The lowest BCUT2D eigenvalue weighted by molar-refractivity contribution is 0.282. The quantitative estimate of drug-likeness (QED) is 0.126. The van der Waals surface area contributed by atoms with Crippen LogP contribution in [-0.2, 0) is 37.9 Å². The van der Waals surface area contributed by atoms with E-state index in [9.17, 15) is 18.1 Å². The van der Waals surface area contributed by atoms with Crippen molar-refractivity contribution in [2.45, 2.75) is 11.5 Å². The number of aromatic nitrogens is 6. The van der Waals surface area contributed by atoms with Crippen molar-refractivity contribution in [2.24, 2.45) is 0 Å². The van der Waals surface area contributed by atoms with Crippen molar-refractivity contribution >= 4 is 64.4 Å². The molecule has 0 saturated heterocycles. The lowest BCUT2D eigenvalue weighted by Gasteiger charge is -2.13. The molecule has 348 valence electrons. The minimum Gasteiger partial charge on any atom is -0.497 e. The minimum atomic E-state index is -4.49. The van der Waals surface area contributed by atoms with Crippen LogP contribution in [0.1, 0.15) is 5.56 Å². The molecule has 0 atom stereocenters. The number of hydrogen-bond donors (Lipinski definition) is 2. The molecule has 0 aliphatic heterocycles. The molecule has 0 spiro atoms.